The molecule has 0 saturated carbocycles. The lowest BCUT2D eigenvalue weighted by molar-refractivity contribution is -0.143. The second kappa shape index (κ2) is 56.2. The molecule has 2 atom stereocenters. The zero-order valence-corrected chi connectivity index (χ0v) is 44.7. The van der Waals surface area contributed by atoms with Crippen molar-refractivity contribution in [1.29, 1.82) is 0 Å². The number of amides is 1. The van der Waals surface area contributed by atoms with E-state index in [-0.39, 0.29) is 18.5 Å². The number of hydrogen-bond acceptors (Lipinski definition) is 5. The summed E-state index contributed by atoms with van der Waals surface area (Å²) in [5.41, 5.74) is 0. The highest BCUT2D eigenvalue weighted by molar-refractivity contribution is 5.76. The molecule has 1 amide bonds. The van der Waals surface area contributed by atoms with Gasteiger partial charge in [0.25, 0.3) is 0 Å². The van der Waals surface area contributed by atoms with Crippen LogP contribution in [0.1, 0.15) is 335 Å². The van der Waals surface area contributed by atoms with Crippen LogP contribution in [0.25, 0.3) is 0 Å². The molecule has 66 heavy (non-hydrogen) atoms. The van der Waals surface area contributed by atoms with E-state index in [1.54, 1.807) is 0 Å². The minimum Gasteiger partial charge on any atom is -0.466 e. The zero-order valence-electron chi connectivity index (χ0n) is 44.7. The van der Waals surface area contributed by atoms with E-state index in [0.29, 0.717) is 25.9 Å². The molecule has 0 aliphatic heterocycles. The van der Waals surface area contributed by atoms with Crippen LogP contribution in [-0.2, 0) is 14.3 Å². The predicted molar refractivity (Wildman–Crippen MR) is 287 cm³/mol. The Labute approximate surface area is 412 Å². The molecule has 0 aromatic heterocycles. The third-order valence-corrected chi connectivity index (χ3v) is 14.1. The van der Waals surface area contributed by atoms with Gasteiger partial charge in [-0.25, -0.2) is 0 Å². The van der Waals surface area contributed by atoms with Crippen LogP contribution in [0.4, 0.5) is 0 Å². The number of rotatable bonds is 56. The Morgan fingerprint density at radius 1 is 0.409 bits per heavy atom. The van der Waals surface area contributed by atoms with Crippen molar-refractivity contribution in [3.63, 3.8) is 0 Å². The number of carbonyl (C=O) groups is 2. The molecular formula is C60H117NO5. The number of aliphatic hydroxyl groups is 2. The average Bonchev–Trinajstić information content (AvgIpc) is 3.32. The summed E-state index contributed by atoms with van der Waals surface area (Å²) in [5.74, 6) is -0.0509. The van der Waals surface area contributed by atoms with Gasteiger partial charge in [-0.3, -0.25) is 9.59 Å². The number of esters is 1. The van der Waals surface area contributed by atoms with E-state index >= 15 is 0 Å². The number of allylic oxidation sites excluding steroid dienone is 2. The van der Waals surface area contributed by atoms with Gasteiger partial charge in [-0.05, 0) is 51.4 Å². The topological polar surface area (TPSA) is 95.9 Å². The number of nitrogens with one attached hydrogen (secondary N) is 1. The van der Waals surface area contributed by atoms with Gasteiger partial charge in [-0.2, -0.15) is 0 Å². The van der Waals surface area contributed by atoms with Crippen LogP contribution in [0.2, 0.25) is 0 Å². The average molecular weight is 933 g/mol. The molecule has 6 nitrogen and oxygen atoms in total. The summed E-state index contributed by atoms with van der Waals surface area (Å²) in [6, 6.07) is -0.550. The Kier molecular flexibility index (Phi) is 55.0. The molecule has 0 aromatic rings. The van der Waals surface area contributed by atoms with Crippen molar-refractivity contribution in [2.75, 3.05) is 13.2 Å². The lowest BCUT2D eigenvalue weighted by atomic mass is 10.0. The summed E-state index contributed by atoms with van der Waals surface area (Å²) in [6.07, 6.45) is 66.3. The Hall–Kier alpha value is -1.40. The van der Waals surface area contributed by atoms with E-state index in [2.05, 4.69) is 31.3 Å². The highest BCUT2D eigenvalue weighted by Crippen LogP contribution is 2.18. The number of hydrogen-bond donors (Lipinski definition) is 3. The minimum absolute atomic E-state index is 0.00850. The normalized spacial score (nSPS) is 12.6. The molecule has 0 spiro atoms. The highest BCUT2D eigenvalue weighted by atomic mass is 16.5. The maximum atomic E-state index is 12.5. The summed E-state index contributed by atoms with van der Waals surface area (Å²) in [7, 11) is 0. The number of carbonyl (C=O) groups excluding carboxylic acids is 2. The van der Waals surface area contributed by atoms with E-state index < -0.39 is 12.1 Å². The Morgan fingerprint density at radius 3 is 1.08 bits per heavy atom. The van der Waals surface area contributed by atoms with Crippen molar-refractivity contribution < 1.29 is 24.5 Å². The van der Waals surface area contributed by atoms with E-state index in [9.17, 15) is 19.8 Å². The summed E-state index contributed by atoms with van der Waals surface area (Å²) < 4.78 is 5.48. The fourth-order valence-electron chi connectivity index (χ4n) is 9.46. The molecule has 6 heteroatoms. The van der Waals surface area contributed by atoms with Gasteiger partial charge in [0.15, 0.2) is 0 Å². The number of ether oxygens (including phenoxy) is 1. The van der Waals surface area contributed by atoms with Crippen molar-refractivity contribution in [3.05, 3.63) is 12.2 Å². The maximum absolute atomic E-state index is 12.5. The molecule has 0 fully saturated rings. The third-order valence-electron chi connectivity index (χ3n) is 14.1. The van der Waals surface area contributed by atoms with Crippen LogP contribution in [0.5, 0.6) is 0 Å². The molecule has 0 rings (SSSR count). The largest absolute Gasteiger partial charge is 0.466 e. The number of unbranched alkanes of at least 4 members (excludes halogenated alkanes) is 43. The first-order chi connectivity index (χ1) is 32.5. The molecule has 392 valence electrons. The van der Waals surface area contributed by atoms with E-state index in [1.807, 2.05) is 0 Å². The smallest absolute Gasteiger partial charge is 0.305 e. The predicted octanol–water partition coefficient (Wildman–Crippen LogP) is 18.5. The van der Waals surface area contributed by atoms with Crippen molar-refractivity contribution in [2.24, 2.45) is 0 Å². The van der Waals surface area contributed by atoms with Crippen LogP contribution in [0.15, 0.2) is 12.2 Å². The lowest BCUT2D eigenvalue weighted by Crippen LogP contribution is -2.45. The van der Waals surface area contributed by atoms with Crippen LogP contribution in [0, 0.1) is 0 Å². The van der Waals surface area contributed by atoms with Crippen molar-refractivity contribution >= 4 is 11.9 Å². The summed E-state index contributed by atoms with van der Waals surface area (Å²) in [5, 5.41) is 23.3. The molecule has 0 aromatic carbocycles. The molecule has 0 aliphatic rings. The molecule has 0 heterocycles. The second-order valence-corrected chi connectivity index (χ2v) is 20.7. The van der Waals surface area contributed by atoms with Crippen LogP contribution in [0.3, 0.4) is 0 Å². The first-order valence-corrected chi connectivity index (χ1v) is 29.9. The zero-order chi connectivity index (χ0) is 47.9. The van der Waals surface area contributed by atoms with Gasteiger partial charge < -0.3 is 20.3 Å². The van der Waals surface area contributed by atoms with Gasteiger partial charge in [0.2, 0.25) is 5.91 Å². The lowest BCUT2D eigenvalue weighted by Gasteiger charge is -2.22. The van der Waals surface area contributed by atoms with Gasteiger partial charge in [-0.1, -0.05) is 283 Å². The Balaban J connectivity index is 3.43. The summed E-state index contributed by atoms with van der Waals surface area (Å²) in [4.78, 5) is 24.6. The molecule has 0 radical (unpaired) electrons. The standard InChI is InChI=1S/C60H117NO5/c1-3-5-7-9-11-13-15-17-19-21-22-23-24-28-32-36-40-44-48-52-58(63)57(56-62)61-59(64)53-49-45-41-37-33-29-26-27-31-35-39-43-47-51-55-66-60(65)54-50-46-42-38-34-30-25-20-18-16-14-12-10-8-6-4-2/h20,25,57-58,62-63H,3-19,21-24,26-56H2,1-2H3,(H,61,64)/b25-20-. The van der Waals surface area contributed by atoms with Crippen molar-refractivity contribution in [2.45, 2.75) is 347 Å². The van der Waals surface area contributed by atoms with Crippen molar-refractivity contribution in [3.8, 4) is 0 Å². The fourth-order valence-corrected chi connectivity index (χ4v) is 9.46. The van der Waals surface area contributed by atoms with Crippen LogP contribution in [-0.4, -0.2) is 47.4 Å². The molecule has 3 N–H and O–H groups in total. The Morgan fingerprint density at radius 2 is 0.712 bits per heavy atom. The van der Waals surface area contributed by atoms with Crippen LogP contribution >= 0.6 is 0 Å². The third kappa shape index (κ3) is 52.0. The molecular weight excluding hydrogens is 815 g/mol. The monoisotopic (exact) mass is 932 g/mol. The van der Waals surface area contributed by atoms with E-state index in [0.717, 1.165) is 51.4 Å². The van der Waals surface area contributed by atoms with Gasteiger partial charge in [-0.15, -0.1) is 0 Å². The minimum atomic E-state index is -0.672. The van der Waals surface area contributed by atoms with Gasteiger partial charge in [0.05, 0.1) is 25.4 Å². The molecule has 2 unspecified atom stereocenters. The molecule has 0 aliphatic carbocycles. The fraction of sp³-hybridized carbons (Fsp3) is 0.933. The van der Waals surface area contributed by atoms with E-state index in [4.69, 9.17) is 4.74 Å². The Bertz CT molecular complexity index is 986. The molecule has 0 saturated heterocycles. The van der Waals surface area contributed by atoms with E-state index in [1.165, 1.54) is 250 Å². The second-order valence-electron chi connectivity index (χ2n) is 20.7. The first-order valence-electron chi connectivity index (χ1n) is 29.9. The van der Waals surface area contributed by atoms with Crippen LogP contribution < -0.4 is 5.32 Å². The SMILES string of the molecule is CCCCCCCCC/C=C\CCCCCCCC(=O)OCCCCCCCCCCCCCCCCC(=O)NC(CO)C(O)CCCCCCCCCCCCCCCCCCCCC. The first kappa shape index (κ1) is 64.6. The highest BCUT2D eigenvalue weighted by Gasteiger charge is 2.20. The van der Waals surface area contributed by atoms with Gasteiger partial charge >= 0.3 is 5.97 Å². The quantitative estimate of drug-likeness (QED) is 0.0321. The van der Waals surface area contributed by atoms with Crippen molar-refractivity contribution in [1.82, 2.24) is 5.32 Å². The molecule has 0 bridgehead atoms. The summed E-state index contributed by atoms with van der Waals surface area (Å²) >= 11 is 0. The number of aliphatic hydroxyl groups excluding tert-OH is 2. The maximum Gasteiger partial charge on any atom is 0.305 e. The van der Waals surface area contributed by atoms with Gasteiger partial charge in [0, 0.05) is 12.8 Å². The van der Waals surface area contributed by atoms with Gasteiger partial charge in [0.1, 0.15) is 0 Å². The summed E-state index contributed by atoms with van der Waals surface area (Å²) in [6.45, 7) is 4.95.